The normalized spacial score (nSPS) is 11.3. The van der Waals surface area contributed by atoms with Crippen molar-refractivity contribution in [3.63, 3.8) is 0 Å². The van der Waals surface area contributed by atoms with Gasteiger partial charge < -0.3 is 0 Å². The van der Waals surface area contributed by atoms with Crippen molar-refractivity contribution in [3.8, 4) is 12.1 Å². The van der Waals surface area contributed by atoms with Crippen LogP contribution in [0.25, 0.3) is 54.9 Å². The molecule has 0 bridgehead atoms. The maximum atomic E-state index is 9.50. The molecule has 6 rings (SSSR count). The molecule has 0 fully saturated rings. The van der Waals surface area contributed by atoms with Crippen LogP contribution in [0.2, 0.25) is 0 Å². The van der Waals surface area contributed by atoms with E-state index in [4.69, 9.17) is 4.98 Å². The summed E-state index contributed by atoms with van der Waals surface area (Å²) in [6.45, 7) is 0. The van der Waals surface area contributed by atoms with E-state index in [9.17, 15) is 10.5 Å². The van der Waals surface area contributed by atoms with Crippen molar-refractivity contribution in [2.45, 2.75) is 0 Å². The second-order valence-corrected chi connectivity index (χ2v) is 6.68. The van der Waals surface area contributed by atoms with Crippen LogP contribution in [0.1, 0.15) is 11.4 Å². The quantitative estimate of drug-likeness (QED) is 0.287. The van der Waals surface area contributed by atoms with Crippen molar-refractivity contribution in [1.29, 1.82) is 10.5 Å². The minimum absolute atomic E-state index is 0.0212. The zero-order valence-corrected chi connectivity index (χ0v) is 15.2. The maximum absolute atomic E-state index is 9.50. The summed E-state index contributed by atoms with van der Waals surface area (Å²) in [6.07, 6.45) is 3.11. The van der Waals surface area contributed by atoms with Crippen LogP contribution in [0.3, 0.4) is 0 Å². The van der Waals surface area contributed by atoms with Crippen LogP contribution in [0.5, 0.6) is 0 Å². The SMILES string of the molecule is N#Cc1nc2c3nc4nccnc4nc3c3ccc4ccccc4c3c2nc1C#N. The van der Waals surface area contributed by atoms with Crippen LogP contribution in [-0.4, -0.2) is 29.9 Å². The Morgan fingerprint density at radius 1 is 0.600 bits per heavy atom. The van der Waals surface area contributed by atoms with Crippen LogP contribution >= 0.6 is 0 Å². The van der Waals surface area contributed by atoms with E-state index in [1.807, 2.05) is 48.5 Å². The first-order chi connectivity index (χ1) is 14.8. The molecule has 0 radical (unpaired) electrons. The van der Waals surface area contributed by atoms with Crippen molar-refractivity contribution in [3.05, 3.63) is 60.2 Å². The Kier molecular flexibility index (Phi) is 3.14. The molecule has 0 atom stereocenters. The predicted octanol–water partition coefficient (Wildman–Crippen LogP) is 3.57. The van der Waals surface area contributed by atoms with Gasteiger partial charge in [-0.2, -0.15) is 10.5 Å². The summed E-state index contributed by atoms with van der Waals surface area (Å²) in [6, 6.07) is 15.8. The van der Waals surface area contributed by atoms with E-state index in [0.29, 0.717) is 33.4 Å². The third kappa shape index (κ3) is 2.07. The maximum Gasteiger partial charge on any atom is 0.198 e. The highest BCUT2D eigenvalue weighted by atomic mass is 15.0. The van der Waals surface area contributed by atoms with E-state index in [1.54, 1.807) is 12.4 Å². The predicted molar refractivity (Wildman–Crippen MR) is 110 cm³/mol. The lowest BCUT2D eigenvalue weighted by molar-refractivity contribution is 1.19. The number of hydrogen-bond acceptors (Lipinski definition) is 8. The van der Waals surface area contributed by atoms with Crippen LogP contribution in [0.4, 0.5) is 0 Å². The van der Waals surface area contributed by atoms with Crippen molar-refractivity contribution in [1.82, 2.24) is 29.9 Å². The van der Waals surface area contributed by atoms with Crippen LogP contribution in [0, 0.1) is 22.7 Å². The molecule has 0 aliphatic heterocycles. The van der Waals surface area contributed by atoms with Crippen LogP contribution < -0.4 is 0 Å². The summed E-state index contributed by atoms with van der Waals surface area (Å²) < 4.78 is 0. The number of fused-ring (bicyclic) bond motifs is 9. The Morgan fingerprint density at radius 3 is 1.97 bits per heavy atom. The molecule has 0 saturated heterocycles. The van der Waals surface area contributed by atoms with E-state index in [2.05, 4.69) is 24.9 Å². The highest BCUT2D eigenvalue weighted by Crippen LogP contribution is 2.36. The van der Waals surface area contributed by atoms with E-state index >= 15 is 0 Å². The van der Waals surface area contributed by atoms with Gasteiger partial charge in [-0.05, 0) is 10.8 Å². The van der Waals surface area contributed by atoms with Gasteiger partial charge in [0.05, 0.1) is 0 Å². The highest BCUT2D eigenvalue weighted by Gasteiger charge is 2.19. The lowest BCUT2D eigenvalue weighted by atomic mass is 9.98. The second-order valence-electron chi connectivity index (χ2n) is 6.68. The fourth-order valence-corrected chi connectivity index (χ4v) is 3.81. The highest BCUT2D eigenvalue weighted by molar-refractivity contribution is 6.28. The molecule has 30 heavy (non-hydrogen) atoms. The molecule has 136 valence electrons. The zero-order valence-electron chi connectivity index (χ0n) is 15.2. The lowest BCUT2D eigenvalue weighted by Gasteiger charge is -2.11. The smallest absolute Gasteiger partial charge is 0.198 e. The molecular formula is C22H8N8. The first-order valence-electron chi connectivity index (χ1n) is 9.02. The first kappa shape index (κ1) is 16.2. The molecule has 0 amide bonds. The summed E-state index contributed by atoms with van der Waals surface area (Å²) in [7, 11) is 0. The minimum Gasteiger partial charge on any atom is -0.232 e. The lowest BCUT2D eigenvalue weighted by Crippen LogP contribution is -2.01. The molecular weight excluding hydrogens is 376 g/mol. The van der Waals surface area contributed by atoms with Gasteiger partial charge in [0.15, 0.2) is 22.7 Å². The van der Waals surface area contributed by atoms with E-state index in [-0.39, 0.29) is 11.4 Å². The number of nitriles is 2. The van der Waals surface area contributed by atoms with Crippen molar-refractivity contribution in [2.24, 2.45) is 0 Å². The molecule has 3 aromatic heterocycles. The first-order valence-corrected chi connectivity index (χ1v) is 9.02. The molecule has 0 N–H and O–H groups in total. The molecule has 0 spiro atoms. The van der Waals surface area contributed by atoms with Gasteiger partial charge in [0.25, 0.3) is 0 Å². The topological polar surface area (TPSA) is 125 Å². The average Bonchev–Trinajstić information content (AvgIpc) is 2.81. The number of aromatic nitrogens is 6. The van der Waals surface area contributed by atoms with Gasteiger partial charge in [-0.3, -0.25) is 0 Å². The third-order valence-electron chi connectivity index (χ3n) is 5.07. The van der Waals surface area contributed by atoms with Crippen molar-refractivity contribution < 1.29 is 0 Å². The van der Waals surface area contributed by atoms with Gasteiger partial charge in [-0.25, -0.2) is 29.9 Å². The Balaban J connectivity index is 2.00. The minimum atomic E-state index is -0.0491. The fraction of sp³-hybridized carbons (Fsp3) is 0. The van der Waals surface area contributed by atoms with Gasteiger partial charge >= 0.3 is 0 Å². The molecule has 0 aliphatic carbocycles. The third-order valence-corrected chi connectivity index (χ3v) is 5.07. The van der Waals surface area contributed by atoms with Gasteiger partial charge in [-0.15, -0.1) is 0 Å². The molecule has 8 heteroatoms. The fourth-order valence-electron chi connectivity index (χ4n) is 3.81. The summed E-state index contributed by atoms with van der Waals surface area (Å²) in [5, 5.41) is 22.6. The van der Waals surface area contributed by atoms with Gasteiger partial charge in [-0.1, -0.05) is 36.4 Å². The van der Waals surface area contributed by atoms with Gasteiger partial charge in [0.2, 0.25) is 0 Å². The van der Waals surface area contributed by atoms with Crippen molar-refractivity contribution >= 4 is 54.9 Å². The molecule has 0 unspecified atom stereocenters. The van der Waals surface area contributed by atoms with E-state index in [0.717, 1.165) is 21.5 Å². The van der Waals surface area contributed by atoms with E-state index < -0.39 is 0 Å². The molecule has 6 aromatic rings. The second kappa shape index (κ2) is 5.84. The molecule has 0 aliphatic rings. The average molecular weight is 384 g/mol. The van der Waals surface area contributed by atoms with Crippen LogP contribution in [-0.2, 0) is 0 Å². The Labute approximate surface area is 168 Å². The number of rotatable bonds is 0. The van der Waals surface area contributed by atoms with Crippen molar-refractivity contribution in [2.75, 3.05) is 0 Å². The van der Waals surface area contributed by atoms with E-state index in [1.165, 1.54) is 0 Å². The summed E-state index contributed by atoms with van der Waals surface area (Å²) in [5.74, 6) is 0. The largest absolute Gasteiger partial charge is 0.232 e. The van der Waals surface area contributed by atoms with Gasteiger partial charge in [0.1, 0.15) is 34.2 Å². The molecule has 8 nitrogen and oxygen atoms in total. The Bertz CT molecular complexity index is 1770. The molecule has 0 saturated carbocycles. The molecule has 3 aromatic carbocycles. The number of hydrogen-bond donors (Lipinski definition) is 0. The molecule has 3 heterocycles. The summed E-state index contributed by atoms with van der Waals surface area (Å²) in [4.78, 5) is 26.8. The standard InChI is InChI=1S/C22H8N8/c23-9-14-15(10-24)28-20-18(27-14)16-12-4-2-1-3-11(12)5-6-13(16)17-19(20)30-22-21(29-17)25-7-8-26-22/h1-8H. The summed E-state index contributed by atoms with van der Waals surface area (Å²) >= 11 is 0. The Morgan fingerprint density at radius 2 is 1.23 bits per heavy atom. The number of nitrogens with zero attached hydrogens (tertiary/aromatic N) is 8. The summed E-state index contributed by atoms with van der Waals surface area (Å²) in [5.41, 5.74) is 2.69. The Hall–Kier alpha value is -4.82. The zero-order chi connectivity index (χ0) is 20.2. The monoisotopic (exact) mass is 384 g/mol. The van der Waals surface area contributed by atoms with Gasteiger partial charge in [0, 0.05) is 23.2 Å². The number of benzene rings is 3. The van der Waals surface area contributed by atoms with Crippen LogP contribution in [0.15, 0.2) is 48.8 Å².